The summed E-state index contributed by atoms with van der Waals surface area (Å²) in [5.41, 5.74) is 2.35. The van der Waals surface area contributed by atoms with Crippen LogP contribution in [0.3, 0.4) is 0 Å². The van der Waals surface area contributed by atoms with Gasteiger partial charge in [0.25, 0.3) is 6.17 Å². The molecule has 7 nitrogen and oxygen atoms in total. The van der Waals surface area contributed by atoms with Crippen molar-refractivity contribution in [2.45, 2.75) is 18.2 Å². The average Bonchev–Trinajstić information content (AvgIpc) is 2.72. The van der Waals surface area contributed by atoms with Crippen molar-refractivity contribution in [3.63, 3.8) is 0 Å². The molecule has 1 aliphatic heterocycles. The molecule has 1 aromatic heterocycles. The van der Waals surface area contributed by atoms with Crippen LogP contribution in [0.5, 0.6) is 5.75 Å². The monoisotopic (exact) mass is 395 g/mol. The summed E-state index contributed by atoms with van der Waals surface area (Å²) >= 11 is 1.34. The van der Waals surface area contributed by atoms with Crippen molar-refractivity contribution in [1.82, 2.24) is 10.1 Å². The normalized spacial score (nSPS) is 15.0. The number of aromatic nitrogens is 3. The molecule has 0 radical (unpaired) electrons. The van der Waals surface area contributed by atoms with Gasteiger partial charge in [-0.2, -0.15) is 0 Å². The first-order valence-electron chi connectivity index (χ1n) is 8.68. The quantitative estimate of drug-likeness (QED) is 0.544. The number of carbonyl (C=O) groups excluding carboxylic acids is 1. The number of benzene rings is 2. The third-order valence-electron chi connectivity index (χ3n) is 4.70. The highest BCUT2D eigenvalue weighted by Crippen LogP contribution is 2.37. The lowest BCUT2D eigenvalue weighted by atomic mass is 10.0. The molecule has 0 saturated heterocycles. The van der Waals surface area contributed by atoms with Gasteiger partial charge in [0.15, 0.2) is 0 Å². The first-order chi connectivity index (χ1) is 13.5. The molecule has 1 amide bonds. The van der Waals surface area contributed by atoms with Crippen molar-refractivity contribution in [3.05, 3.63) is 64.4 Å². The molecule has 2 heterocycles. The van der Waals surface area contributed by atoms with Crippen LogP contribution in [0, 0.1) is 0 Å². The molecule has 8 heteroatoms. The number of H-pyrrole nitrogens is 1. The van der Waals surface area contributed by atoms with Crippen molar-refractivity contribution < 1.29 is 14.2 Å². The highest BCUT2D eigenvalue weighted by atomic mass is 32.2. The molecule has 2 aromatic carbocycles. The molecule has 0 unspecified atom stereocenters. The van der Waals surface area contributed by atoms with Gasteiger partial charge in [-0.1, -0.05) is 23.9 Å². The van der Waals surface area contributed by atoms with Crippen LogP contribution in [-0.4, -0.2) is 29.4 Å². The summed E-state index contributed by atoms with van der Waals surface area (Å²) in [5, 5.41) is 5.11. The molecule has 3 aromatic rings. The number of para-hydroxylation sites is 1. The number of methoxy groups -OCH3 is 1. The molecule has 1 aliphatic rings. The van der Waals surface area contributed by atoms with Gasteiger partial charge < -0.3 is 4.74 Å². The second-order valence-electron chi connectivity index (χ2n) is 6.31. The number of carbonyl (C=O) groups is 1. The Labute approximate surface area is 166 Å². The summed E-state index contributed by atoms with van der Waals surface area (Å²) in [6, 6.07) is 14.8. The highest BCUT2D eigenvalue weighted by Gasteiger charge is 2.44. The topological polar surface area (TPSA) is 79.2 Å². The number of nitrogens with zero attached hydrogens (tertiary/aromatic N) is 3. The van der Waals surface area contributed by atoms with E-state index in [0.29, 0.717) is 27.9 Å². The van der Waals surface area contributed by atoms with Crippen LogP contribution in [0.25, 0.3) is 11.3 Å². The highest BCUT2D eigenvalue weighted by molar-refractivity contribution is 7.98. The molecule has 0 fully saturated rings. The SMILES string of the molecule is COc1ccc([C@@H]2N(C(C)=O)c3ccccc3-c3c(=O)[nH]c(SC)n[n+]32)cc1. The van der Waals surface area contributed by atoms with Crippen molar-refractivity contribution in [2.24, 2.45) is 0 Å². The van der Waals surface area contributed by atoms with E-state index < -0.39 is 6.17 Å². The van der Waals surface area contributed by atoms with Gasteiger partial charge in [-0.25, -0.2) is 4.90 Å². The third kappa shape index (κ3) is 2.86. The zero-order valence-electron chi connectivity index (χ0n) is 15.7. The fourth-order valence-electron chi connectivity index (χ4n) is 3.48. The minimum Gasteiger partial charge on any atom is -0.497 e. The lowest BCUT2D eigenvalue weighted by molar-refractivity contribution is -0.763. The van der Waals surface area contributed by atoms with E-state index in [1.807, 2.05) is 54.8 Å². The molecule has 28 heavy (non-hydrogen) atoms. The van der Waals surface area contributed by atoms with Crippen molar-refractivity contribution >= 4 is 23.4 Å². The Kier molecular flexibility index (Phi) is 4.64. The summed E-state index contributed by atoms with van der Waals surface area (Å²) in [7, 11) is 1.60. The third-order valence-corrected chi connectivity index (χ3v) is 5.28. The van der Waals surface area contributed by atoms with E-state index >= 15 is 0 Å². The molecule has 142 valence electrons. The van der Waals surface area contributed by atoms with Gasteiger partial charge in [0.05, 0.1) is 18.4 Å². The van der Waals surface area contributed by atoms with Gasteiger partial charge in [0.2, 0.25) is 11.1 Å². The smallest absolute Gasteiger partial charge is 0.325 e. The minimum atomic E-state index is -0.582. The first kappa shape index (κ1) is 18.2. The molecule has 0 spiro atoms. The largest absolute Gasteiger partial charge is 0.497 e. The van der Waals surface area contributed by atoms with E-state index in [-0.39, 0.29) is 11.5 Å². The Balaban J connectivity index is 2.05. The van der Waals surface area contributed by atoms with E-state index in [4.69, 9.17) is 4.74 Å². The van der Waals surface area contributed by atoms with Crippen molar-refractivity contribution in [1.29, 1.82) is 0 Å². The van der Waals surface area contributed by atoms with Gasteiger partial charge in [0, 0.05) is 17.6 Å². The van der Waals surface area contributed by atoms with Crippen LogP contribution in [0.1, 0.15) is 18.7 Å². The van der Waals surface area contributed by atoms with E-state index in [1.54, 1.807) is 16.7 Å². The number of fused-ring (bicyclic) bond motifs is 3. The van der Waals surface area contributed by atoms with Crippen LogP contribution < -0.4 is 19.9 Å². The number of hydrogen-bond donors (Lipinski definition) is 1. The minimum absolute atomic E-state index is 0.140. The Bertz CT molecular complexity index is 1110. The Morgan fingerprint density at radius 3 is 2.57 bits per heavy atom. The standard InChI is InChI=1S/C20H18N4O3S/c1-12(25)23-16-7-5-4-6-15(16)17-18(26)21-20(28-3)22-24(17)19(23)13-8-10-14(27-2)11-9-13/h4-11,19H,1-3H3/p+1/t19-/m1/s1. The maximum Gasteiger partial charge on any atom is 0.325 e. The summed E-state index contributed by atoms with van der Waals surface area (Å²) in [6.07, 6.45) is 1.26. The van der Waals surface area contributed by atoms with Crippen molar-refractivity contribution in [2.75, 3.05) is 18.3 Å². The zero-order chi connectivity index (χ0) is 19.8. The summed E-state index contributed by atoms with van der Waals surface area (Å²) < 4.78 is 6.89. The number of thioether (sulfide) groups is 1. The first-order valence-corrected chi connectivity index (χ1v) is 9.91. The van der Waals surface area contributed by atoms with E-state index in [2.05, 4.69) is 10.1 Å². The summed E-state index contributed by atoms with van der Waals surface area (Å²) in [6.45, 7) is 1.52. The predicted molar refractivity (Wildman–Crippen MR) is 107 cm³/mol. The number of hydrogen-bond acceptors (Lipinski definition) is 5. The number of aromatic amines is 1. The van der Waals surface area contributed by atoms with Gasteiger partial charge >= 0.3 is 11.3 Å². The predicted octanol–water partition coefficient (Wildman–Crippen LogP) is 2.37. The number of nitrogens with one attached hydrogen (secondary N) is 1. The number of anilines is 1. The maximum atomic E-state index is 12.9. The van der Waals surface area contributed by atoms with Crippen LogP contribution in [0.4, 0.5) is 5.69 Å². The van der Waals surface area contributed by atoms with Gasteiger partial charge in [-0.15, -0.1) is 0 Å². The second kappa shape index (κ2) is 7.12. The zero-order valence-corrected chi connectivity index (χ0v) is 16.5. The Morgan fingerprint density at radius 1 is 1.21 bits per heavy atom. The number of ether oxygens (including phenoxy) is 1. The summed E-state index contributed by atoms with van der Waals surface area (Å²) in [4.78, 5) is 30.1. The van der Waals surface area contributed by atoms with Gasteiger partial charge in [0.1, 0.15) is 5.75 Å². The van der Waals surface area contributed by atoms with E-state index in [1.165, 1.54) is 18.7 Å². The van der Waals surface area contributed by atoms with Crippen LogP contribution in [-0.2, 0) is 4.79 Å². The molecule has 1 N–H and O–H groups in total. The molecule has 4 rings (SSSR count). The Hall–Kier alpha value is -3.13. The van der Waals surface area contributed by atoms with Crippen LogP contribution in [0.2, 0.25) is 0 Å². The second-order valence-corrected chi connectivity index (χ2v) is 7.10. The molecule has 1 atom stereocenters. The van der Waals surface area contributed by atoms with Crippen molar-refractivity contribution in [3.8, 4) is 17.0 Å². The molecular formula is C20H19N4O3S+. The van der Waals surface area contributed by atoms with Crippen LogP contribution >= 0.6 is 11.8 Å². The lowest BCUT2D eigenvalue weighted by Gasteiger charge is -2.31. The summed E-state index contributed by atoms with van der Waals surface area (Å²) in [5.74, 6) is 0.572. The molecule has 0 aliphatic carbocycles. The van der Waals surface area contributed by atoms with Gasteiger partial charge in [-0.3, -0.25) is 14.6 Å². The van der Waals surface area contributed by atoms with Gasteiger partial charge in [-0.05, 0) is 47.3 Å². The maximum absolute atomic E-state index is 12.9. The van der Waals surface area contributed by atoms with E-state index in [9.17, 15) is 9.59 Å². The molecule has 0 bridgehead atoms. The lowest BCUT2D eigenvalue weighted by Crippen LogP contribution is -2.60. The Morgan fingerprint density at radius 2 is 1.93 bits per heavy atom. The number of rotatable bonds is 3. The molecular weight excluding hydrogens is 376 g/mol. The fraction of sp³-hybridized carbons (Fsp3) is 0.200. The molecule has 0 saturated carbocycles. The van der Waals surface area contributed by atoms with Crippen LogP contribution in [0.15, 0.2) is 58.5 Å². The number of amides is 1. The fourth-order valence-corrected chi connectivity index (χ4v) is 3.85. The van der Waals surface area contributed by atoms with E-state index in [0.717, 1.165) is 5.56 Å². The average molecular weight is 395 g/mol.